The Hall–Kier alpha value is -1.40. The predicted octanol–water partition coefficient (Wildman–Crippen LogP) is 1.94. The number of rotatable bonds is 6. The van der Waals surface area contributed by atoms with Crippen LogP contribution in [0.3, 0.4) is 0 Å². The summed E-state index contributed by atoms with van der Waals surface area (Å²) in [7, 11) is 0. The van der Waals surface area contributed by atoms with E-state index in [4.69, 9.17) is 10.6 Å². The third-order valence-corrected chi connectivity index (χ3v) is 3.96. The number of hydrogen-bond acceptors (Lipinski definition) is 6. The van der Waals surface area contributed by atoms with E-state index < -0.39 is 0 Å². The zero-order valence-corrected chi connectivity index (χ0v) is 12.4. The van der Waals surface area contributed by atoms with Gasteiger partial charge in [0.25, 0.3) is 0 Å². The molecule has 0 aromatic carbocycles. The van der Waals surface area contributed by atoms with Crippen molar-refractivity contribution in [1.29, 1.82) is 0 Å². The second-order valence-electron chi connectivity index (χ2n) is 5.72. The van der Waals surface area contributed by atoms with Crippen LogP contribution in [0.2, 0.25) is 0 Å². The Labute approximate surface area is 120 Å². The summed E-state index contributed by atoms with van der Waals surface area (Å²) in [6.45, 7) is 7.02. The summed E-state index contributed by atoms with van der Waals surface area (Å²) < 4.78 is 5.44. The van der Waals surface area contributed by atoms with Gasteiger partial charge in [-0.15, -0.1) is 0 Å². The lowest BCUT2D eigenvalue weighted by molar-refractivity contribution is 0.0299. The van der Waals surface area contributed by atoms with Crippen LogP contribution in [0.5, 0.6) is 0 Å². The molecular weight excluding hydrogens is 254 g/mol. The number of nitrogens with one attached hydrogen (secondary N) is 2. The molecule has 0 aliphatic carbocycles. The summed E-state index contributed by atoms with van der Waals surface area (Å²) in [5.41, 5.74) is 3.99. The maximum Gasteiger partial charge on any atom is 0.148 e. The molecule has 6 nitrogen and oxygen atoms in total. The number of nitrogens with two attached hydrogens (primary N) is 1. The van der Waals surface area contributed by atoms with Crippen molar-refractivity contribution in [3.8, 4) is 0 Å². The summed E-state index contributed by atoms with van der Waals surface area (Å²) >= 11 is 0. The van der Waals surface area contributed by atoms with E-state index in [0.29, 0.717) is 5.82 Å². The third-order valence-electron chi connectivity index (χ3n) is 3.96. The average molecular weight is 279 g/mol. The highest BCUT2D eigenvalue weighted by Crippen LogP contribution is 2.30. The Bertz CT molecular complexity index is 432. The van der Waals surface area contributed by atoms with E-state index in [1.165, 1.54) is 0 Å². The summed E-state index contributed by atoms with van der Waals surface area (Å²) in [4.78, 5) is 8.55. The molecule has 1 aliphatic heterocycles. The van der Waals surface area contributed by atoms with Crippen molar-refractivity contribution in [2.75, 3.05) is 30.5 Å². The fourth-order valence-corrected chi connectivity index (χ4v) is 2.51. The maximum atomic E-state index is 5.53. The standard InChI is InChI=1S/C14H25N5O/c1-3-4-11-12(17-10-18-13(11)19-15)16-9-14(2)5-7-20-8-6-14/h10H,3-9,15H2,1-2H3,(H2,16,17,18,19). The minimum atomic E-state index is 0.267. The number of anilines is 2. The molecule has 1 fully saturated rings. The molecule has 6 heteroatoms. The third kappa shape index (κ3) is 3.58. The van der Waals surface area contributed by atoms with Crippen LogP contribution < -0.4 is 16.6 Å². The predicted molar refractivity (Wildman–Crippen MR) is 80.5 cm³/mol. The van der Waals surface area contributed by atoms with Crippen LogP contribution in [0.4, 0.5) is 11.6 Å². The number of hydrazine groups is 1. The van der Waals surface area contributed by atoms with Crippen LogP contribution in [0, 0.1) is 5.41 Å². The molecule has 1 aliphatic rings. The Morgan fingerprint density at radius 3 is 2.65 bits per heavy atom. The maximum absolute atomic E-state index is 5.53. The number of nitrogen functional groups attached to an aromatic ring is 1. The Morgan fingerprint density at radius 1 is 1.30 bits per heavy atom. The SMILES string of the molecule is CCCc1c(NN)ncnc1NCC1(C)CCOCC1. The first-order valence-corrected chi connectivity index (χ1v) is 7.30. The van der Waals surface area contributed by atoms with Gasteiger partial charge < -0.3 is 15.5 Å². The van der Waals surface area contributed by atoms with Gasteiger partial charge in [0.2, 0.25) is 0 Å². The number of ether oxygens (including phenoxy) is 1. The highest BCUT2D eigenvalue weighted by Gasteiger charge is 2.27. The molecule has 1 aromatic rings. The molecule has 1 saturated heterocycles. The van der Waals surface area contributed by atoms with Gasteiger partial charge in [-0.2, -0.15) is 0 Å². The molecule has 20 heavy (non-hydrogen) atoms. The lowest BCUT2D eigenvalue weighted by Crippen LogP contribution is -2.33. The van der Waals surface area contributed by atoms with Crippen LogP contribution in [0.25, 0.3) is 0 Å². The van der Waals surface area contributed by atoms with Crippen molar-refractivity contribution < 1.29 is 4.74 Å². The minimum absolute atomic E-state index is 0.267. The normalized spacial score (nSPS) is 17.8. The van der Waals surface area contributed by atoms with Crippen molar-refractivity contribution in [2.45, 2.75) is 39.5 Å². The number of aromatic nitrogens is 2. The van der Waals surface area contributed by atoms with E-state index in [0.717, 1.165) is 56.8 Å². The van der Waals surface area contributed by atoms with Crippen molar-refractivity contribution in [2.24, 2.45) is 11.3 Å². The molecule has 0 spiro atoms. The second kappa shape index (κ2) is 6.85. The quantitative estimate of drug-likeness (QED) is 0.545. The van der Waals surface area contributed by atoms with Gasteiger partial charge in [-0.25, -0.2) is 15.8 Å². The molecular formula is C14H25N5O. The van der Waals surface area contributed by atoms with Gasteiger partial charge in [0.05, 0.1) is 0 Å². The van der Waals surface area contributed by atoms with E-state index in [1.807, 2.05) is 0 Å². The van der Waals surface area contributed by atoms with Gasteiger partial charge in [0, 0.05) is 25.3 Å². The number of nitrogens with zero attached hydrogens (tertiary/aromatic N) is 2. The van der Waals surface area contributed by atoms with Crippen LogP contribution in [0.1, 0.15) is 38.7 Å². The zero-order chi connectivity index (χ0) is 14.4. The molecule has 2 rings (SSSR count). The van der Waals surface area contributed by atoms with Crippen molar-refractivity contribution in [3.05, 3.63) is 11.9 Å². The van der Waals surface area contributed by atoms with Crippen LogP contribution in [0.15, 0.2) is 6.33 Å². The first-order chi connectivity index (χ1) is 9.68. The summed E-state index contributed by atoms with van der Waals surface area (Å²) in [5, 5.41) is 3.48. The molecule has 1 aromatic heterocycles. The van der Waals surface area contributed by atoms with Crippen LogP contribution in [-0.2, 0) is 11.2 Å². The molecule has 0 unspecified atom stereocenters. The van der Waals surface area contributed by atoms with Gasteiger partial charge in [0.1, 0.15) is 18.0 Å². The first-order valence-electron chi connectivity index (χ1n) is 7.30. The molecule has 0 atom stereocenters. The second-order valence-corrected chi connectivity index (χ2v) is 5.72. The minimum Gasteiger partial charge on any atom is -0.381 e. The smallest absolute Gasteiger partial charge is 0.148 e. The Kier molecular flexibility index (Phi) is 5.14. The average Bonchev–Trinajstić information content (AvgIpc) is 2.47. The van der Waals surface area contributed by atoms with E-state index in [9.17, 15) is 0 Å². The van der Waals surface area contributed by atoms with Gasteiger partial charge in [0.15, 0.2) is 0 Å². The molecule has 0 amide bonds. The molecule has 0 saturated carbocycles. The van der Waals surface area contributed by atoms with E-state index in [2.05, 4.69) is 34.6 Å². The van der Waals surface area contributed by atoms with Gasteiger partial charge in [-0.3, -0.25) is 0 Å². The fraction of sp³-hybridized carbons (Fsp3) is 0.714. The molecule has 2 heterocycles. The zero-order valence-electron chi connectivity index (χ0n) is 12.4. The van der Waals surface area contributed by atoms with Gasteiger partial charge in [-0.05, 0) is 24.7 Å². The number of hydrogen-bond donors (Lipinski definition) is 3. The molecule has 112 valence electrons. The lowest BCUT2D eigenvalue weighted by atomic mass is 9.82. The summed E-state index contributed by atoms with van der Waals surface area (Å²) in [5.74, 6) is 7.13. The fourth-order valence-electron chi connectivity index (χ4n) is 2.51. The highest BCUT2D eigenvalue weighted by molar-refractivity contribution is 5.57. The van der Waals surface area contributed by atoms with E-state index >= 15 is 0 Å². The van der Waals surface area contributed by atoms with Gasteiger partial charge >= 0.3 is 0 Å². The van der Waals surface area contributed by atoms with Crippen molar-refractivity contribution in [1.82, 2.24) is 9.97 Å². The Balaban J connectivity index is 2.08. The first kappa shape index (κ1) is 15.0. The van der Waals surface area contributed by atoms with Crippen molar-refractivity contribution >= 4 is 11.6 Å². The summed E-state index contributed by atoms with van der Waals surface area (Å²) in [6.07, 6.45) is 5.64. The van der Waals surface area contributed by atoms with Crippen LogP contribution >= 0.6 is 0 Å². The molecule has 4 N–H and O–H groups in total. The summed E-state index contributed by atoms with van der Waals surface area (Å²) in [6, 6.07) is 0. The lowest BCUT2D eigenvalue weighted by Gasteiger charge is -2.34. The topological polar surface area (TPSA) is 85.1 Å². The van der Waals surface area contributed by atoms with Crippen LogP contribution in [-0.4, -0.2) is 29.7 Å². The Morgan fingerprint density at radius 2 is 2.00 bits per heavy atom. The van der Waals surface area contributed by atoms with E-state index in [1.54, 1.807) is 6.33 Å². The molecule has 0 bridgehead atoms. The largest absolute Gasteiger partial charge is 0.381 e. The monoisotopic (exact) mass is 279 g/mol. The van der Waals surface area contributed by atoms with Gasteiger partial charge in [-0.1, -0.05) is 20.3 Å². The van der Waals surface area contributed by atoms with E-state index in [-0.39, 0.29) is 5.41 Å². The highest BCUT2D eigenvalue weighted by atomic mass is 16.5. The van der Waals surface area contributed by atoms with Crippen molar-refractivity contribution in [3.63, 3.8) is 0 Å². The molecule has 0 radical (unpaired) electrons.